The van der Waals surface area contributed by atoms with Crippen molar-refractivity contribution in [2.24, 2.45) is 0 Å². The SMILES string of the molecule is O=C(Nc1cccc(F)c1)C1CC(c2ccncc2)NN1. The lowest BCUT2D eigenvalue weighted by Crippen LogP contribution is -2.39. The fourth-order valence-electron chi connectivity index (χ4n) is 2.34. The third-order valence-electron chi connectivity index (χ3n) is 3.42. The van der Waals surface area contributed by atoms with Gasteiger partial charge in [0.1, 0.15) is 11.9 Å². The minimum Gasteiger partial charge on any atom is -0.325 e. The maximum absolute atomic E-state index is 13.1. The Bertz CT molecular complexity index is 635. The summed E-state index contributed by atoms with van der Waals surface area (Å²) in [6.45, 7) is 0. The van der Waals surface area contributed by atoms with E-state index in [4.69, 9.17) is 0 Å². The van der Waals surface area contributed by atoms with Crippen LogP contribution in [0, 0.1) is 5.82 Å². The maximum atomic E-state index is 13.1. The van der Waals surface area contributed by atoms with Crippen LogP contribution in [0.3, 0.4) is 0 Å². The molecule has 1 fully saturated rings. The van der Waals surface area contributed by atoms with Gasteiger partial charge in [-0.2, -0.15) is 0 Å². The Morgan fingerprint density at radius 3 is 2.81 bits per heavy atom. The topological polar surface area (TPSA) is 66.0 Å². The lowest BCUT2D eigenvalue weighted by Gasteiger charge is -2.10. The molecule has 21 heavy (non-hydrogen) atoms. The molecular formula is C15H15FN4O. The molecule has 108 valence electrons. The molecule has 1 amide bonds. The van der Waals surface area contributed by atoms with Crippen LogP contribution in [0.15, 0.2) is 48.8 Å². The second kappa shape index (κ2) is 5.99. The van der Waals surface area contributed by atoms with Crippen LogP contribution in [0.5, 0.6) is 0 Å². The summed E-state index contributed by atoms with van der Waals surface area (Å²) in [5.74, 6) is -0.565. The summed E-state index contributed by atoms with van der Waals surface area (Å²) in [7, 11) is 0. The van der Waals surface area contributed by atoms with E-state index in [9.17, 15) is 9.18 Å². The van der Waals surface area contributed by atoms with Crippen molar-refractivity contribution in [3.05, 3.63) is 60.2 Å². The van der Waals surface area contributed by atoms with Crippen LogP contribution in [-0.2, 0) is 4.79 Å². The molecule has 1 aliphatic heterocycles. The highest BCUT2D eigenvalue weighted by atomic mass is 19.1. The second-order valence-electron chi connectivity index (χ2n) is 4.91. The highest BCUT2D eigenvalue weighted by Gasteiger charge is 2.30. The number of nitrogens with one attached hydrogen (secondary N) is 3. The van der Waals surface area contributed by atoms with Crippen molar-refractivity contribution in [3.63, 3.8) is 0 Å². The first-order chi connectivity index (χ1) is 10.2. The molecular weight excluding hydrogens is 271 g/mol. The Morgan fingerprint density at radius 1 is 1.24 bits per heavy atom. The highest BCUT2D eigenvalue weighted by molar-refractivity contribution is 5.95. The van der Waals surface area contributed by atoms with Gasteiger partial charge < -0.3 is 5.32 Å². The van der Waals surface area contributed by atoms with E-state index in [1.165, 1.54) is 12.1 Å². The molecule has 1 aromatic heterocycles. The predicted molar refractivity (Wildman–Crippen MR) is 76.7 cm³/mol. The van der Waals surface area contributed by atoms with Crippen LogP contribution in [0.4, 0.5) is 10.1 Å². The Labute approximate surface area is 121 Å². The number of benzene rings is 1. The number of hydrogen-bond acceptors (Lipinski definition) is 4. The number of aromatic nitrogens is 1. The Hall–Kier alpha value is -2.31. The summed E-state index contributed by atoms with van der Waals surface area (Å²) in [5.41, 5.74) is 7.57. The van der Waals surface area contributed by atoms with Crippen molar-refractivity contribution in [1.82, 2.24) is 15.8 Å². The molecule has 6 heteroatoms. The number of halogens is 1. The fraction of sp³-hybridized carbons (Fsp3) is 0.200. The van der Waals surface area contributed by atoms with Gasteiger partial charge >= 0.3 is 0 Å². The van der Waals surface area contributed by atoms with Crippen molar-refractivity contribution >= 4 is 11.6 Å². The van der Waals surface area contributed by atoms with Crippen molar-refractivity contribution in [2.45, 2.75) is 18.5 Å². The molecule has 2 atom stereocenters. The largest absolute Gasteiger partial charge is 0.325 e. The molecule has 0 spiro atoms. The molecule has 1 aliphatic rings. The molecule has 0 saturated carbocycles. The molecule has 3 N–H and O–H groups in total. The fourth-order valence-corrected chi connectivity index (χ4v) is 2.34. The van der Waals surface area contributed by atoms with Crippen molar-refractivity contribution in [1.29, 1.82) is 0 Å². The molecule has 5 nitrogen and oxygen atoms in total. The first kappa shape index (κ1) is 13.7. The first-order valence-corrected chi connectivity index (χ1v) is 6.70. The molecule has 2 aromatic rings. The van der Waals surface area contributed by atoms with Gasteiger partial charge in [-0.25, -0.2) is 15.2 Å². The van der Waals surface area contributed by atoms with Crippen LogP contribution in [0.1, 0.15) is 18.0 Å². The van der Waals surface area contributed by atoms with E-state index in [0.29, 0.717) is 12.1 Å². The zero-order valence-corrected chi connectivity index (χ0v) is 11.2. The average molecular weight is 286 g/mol. The summed E-state index contributed by atoms with van der Waals surface area (Å²) in [6.07, 6.45) is 4.06. The third kappa shape index (κ3) is 3.24. The number of amides is 1. The second-order valence-corrected chi connectivity index (χ2v) is 4.91. The van der Waals surface area contributed by atoms with Gasteiger partial charge in [0, 0.05) is 24.1 Å². The zero-order valence-electron chi connectivity index (χ0n) is 11.2. The normalized spacial score (nSPS) is 21.2. The van der Waals surface area contributed by atoms with E-state index in [1.54, 1.807) is 24.5 Å². The highest BCUT2D eigenvalue weighted by Crippen LogP contribution is 2.22. The smallest absolute Gasteiger partial charge is 0.242 e. The summed E-state index contributed by atoms with van der Waals surface area (Å²) < 4.78 is 13.1. The number of carbonyl (C=O) groups is 1. The minimum absolute atomic E-state index is 0.0521. The van der Waals surface area contributed by atoms with Crippen LogP contribution < -0.4 is 16.2 Å². The summed E-state index contributed by atoms with van der Waals surface area (Å²) in [5, 5.41) is 2.70. The van der Waals surface area contributed by atoms with E-state index in [0.717, 1.165) is 5.56 Å². The van der Waals surface area contributed by atoms with Gasteiger partial charge in [0.05, 0.1) is 0 Å². The van der Waals surface area contributed by atoms with Crippen LogP contribution >= 0.6 is 0 Å². The molecule has 1 aromatic carbocycles. The van der Waals surface area contributed by atoms with Crippen molar-refractivity contribution in [2.75, 3.05) is 5.32 Å². The molecule has 2 unspecified atom stereocenters. The molecule has 2 heterocycles. The van der Waals surface area contributed by atoms with Crippen LogP contribution in [0.25, 0.3) is 0 Å². The maximum Gasteiger partial charge on any atom is 0.242 e. The third-order valence-corrected chi connectivity index (χ3v) is 3.42. The molecule has 0 radical (unpaired) electrons. The number of hydrazine groups is 1. The van der Waals surface area contributed by atoms with Gasteiger partial charge in [-0.3, -0.25) is 9.78 Å². The van der Waals surface area contributed by atoms with Gasteiger partial charge in [0.2, 0.25) is 5.91 Å². The number of rotatable bonds is 3. The standard InChI is InChI=1S/C15H15FN4O/c16-11-2-1-3-12(8-11)18-15(21)14-9-13(19-20-14)10-4-6-17-7-5-10/h1-8,13-14,19-20H,9H2,(H,18,21). The molecule has 0 bridgehead atoms. The molecule has 1 saturated heterocycles. The Balaban J connectivity index is 1.62. The zero-order chi connectivity index (χ0) is 14.7. The number of carbonyl (C=O) groups excluding carboxylic acids is 1. The summed E-state index contributed by atoms with van der Waals surface area (Å²) >= 11 is 0. The number of hydrogen-bond donors (Lipinski definition) is 3. The van der Waals surface area contributed by atoms with E-state index in [2.05, 4.69) is 21.2 Å². The minimum atomic E-state index is -0.375. The predicted octanol–water partition coefficient (Wildman–Crippen LogP) is 1.77. The quantitative estimate of drug-likeness (QED) is 0.804. The van der Waals surface area contributed by atoms with E-state index in [1.807, 2.05) is 12.1 Å². The summed E-state index contributed by atoms with van der Waals surface area (Å²) in [4.78, 5) is 16.1. The van der Waals surface area contributed by atoms with Gasteiger partial charge in [0.15, 0.2) is 0 Å². The number of nitrogens with zero attached hydrogens (tertiary/aromatic N) is 1. The van der Waals surface area contributed by atoms with Crippen molar-refractivity contribution < 1.29 is 9.18 Å². The lowest BCUT2D eigenvalue weighted by atomic mass is 10.0. The Morgan fingerprint density at radius 2 is 2.05 bits per heavy atom. The Kier molecular flexibility index (Phi) is 3.89. The molecule has 0 aliphatic carbocycles. The lowest BCUT2D eigenvalue weighted by molar-refractivity contribution is -0.117. The van der Waals surface area contributed by atoms with Crippen molar-refractivity contribution in [3.8, 4) is 0 Å². The van der Waals surface area contributed by atoms with Crippen LogP contribution in [-0.4, -0.2) is 16.9 Å². The van der Waals surface area contributed by atoms with Gasteiger partial charge in [-0.15, -0.1) is 0 Å². The summed E-state index contributed by atoms with van der Waals surface area (Å²) in [6, 6.07) is 9.35. The van der Waals surface area contributed by atoms with Crippen LogP contribution in [0.2, 0.25) is 0 Å². The van der Waals surface area contributed by atoms with E-state index < -0.39 is 0 Å². The van der Waals surface area contributed by atoms with Gasteiger partial charge in [-0.05, 0) is 42.3 Å². The number of pyridine rings is 1. The number of anilines is 1. The average Bonchev–Trinajstić information content (AvgIpc) is 2.98. The van der Waals surface area contributed by atoms with E-state index >= 15 is 0 Å². The molecule has 3 rings (SSSR count). The van der Waals surface area contributed by atoms with Gasteiger partial charge in [0.25, 0.3) is 0 Å². The monoisotopic (exact) mass is 286 g/mol. The first-order valence-electron chi connectivity index (χ1n) is 6.70. The van der Waals surface area contributed by atoms with Gasteiger partial charge in [-0.1, -0.05) is 6.07 Å². The van der Waals surface area contributed by atoms with E-state index in [-0.39, 0.29) is 23.8 Å².